The lowest BCUT2D eigenvalue weighted by Crippen LogP contribution is -2.45. The molecule has 0 spiro atoms. The Labute approximate surface area is 172 Å². The Bertz CT molecular complexity index is 977. The van der Waals surface area contributed by atoms with Crippen LogP contribution in [-0.2, 0) is 11.2 Å². The van der Waals surface area contributed by atoms with Gasteiger partial charge in [0.05, 0.1) is 33.9 Å². The van der Waals surface area contributed by atoms with Crippen LogP contribution in [0.3, 0.4) is 0 Å². The van der Waals surface area contributed by atoms with Gasteiger partial charge in [0.15, 0.2) is 0 Å². The summed E-state index contributed by atoms with van der Waals surface area (Å²) in [7, 11) is 1.66. The van der Waals surface area contributed by atoms with Crippen LogP contribution in [0, 0.1) is 0 Å². The molecule has 0 fully saturated rings. The second-order valence-corrected chi connectivity index (χ2v) is 7.53. The van der Waals surface area contributed by atoms with Gasteiger partial charge in [-0.25, -0.2) is 4.79 Å². The number of carbonyl (C=O) groups excluding carboxylic acids is 2. The van der Waals surface area contributed by atoms with Crippen molar-refractivity contribution >= 4 is 35.1 Å². The molecule has 28 heavy (non-hydrogen) atoms. The number of amides is 3. The molecule has 0 saturated carbocycles. The molecule has 1 atom stereocenters. The number of likely N-dealkylation sites (N-methyl/N-ethyl adjacent to an activating group) is 1. The van der Waals surface area contributed by atoms with E-state index in [4.69, 9.17) is 23.2 Å². The minimum Gasteiger partial charge on any atom is -0.333 e. The molecule has 0 saturated heterocycles. The van der Waals surface area contributed by atoms with Crippen LogP contribution in [0.25, 0.3) is 0 Å². The summed E-state index contributed by atoms with van der Waals surface area (Å²) in [6, 6.07) is 10.0. The molecule has 1 N–H and O–H groups in total. The Kier molecular flexibility index (Phi) is 5.00. The SMILES string of the molecule is CN1C(=O)N[C@@H](c2cccc(Cl)c2Cl)C2=C1CN(CCc1ccccn1)C2=O. The van der Waals surface area contributed by atoms with Crippen LogP contribution in [0.4, 0.5) is 4.79 Å². The normalized spacial score (nSPS) is 19.2. The summed E-state index contributed by atoms with van der Waals surface area (Å²) in [4.78, 5) is 33.2. The fourth-order valence-electron chi connectivity index (χ4n) is 3.58. The van der Waals surface area contributed by atoms with Crippen molar-refractivity contribution in [3.05, 3.63) is 75.2 Å². The average Bonchev–Trinajstić information content (AvgIpc) is 3.03. The summed E-state index contributed by atoms with van der Waals surface area (Å²) in [5, 5.41) is 3.59. The van der Waals surface area contributed by atoms with E-state index in [9.17, 15) is 9.59 Å². The van der Waals surface area contributed by atoms with Crippen molar-refractivity contribution in [2.45, 2.75) is 12.5 Å². The van der Waals surface area contributed by atoms with Crippen LogP contribution in [0.5, 0.6) is 0 Å². The molecule has 0 bridgehead atoms. The van der Waals surface area contributed by atoms with E-state index in [0.717, 1.165) is 5.69 Å². The van der Waals surface area contributed by atoms with E-state index in [-0.39, 0.29) is 11.9 Å². The number of nitrogens with one attached hydrogen (secondary N) is 1. The largest absolute Gasteiger partial charge is 0.333 e. The summed E-state index contributed by atoms with van der Waals surface area (Å²) in [6.07, 6.45) is 2.37. The molecule has 2 aromatic rings. The smallest absolute Gasteiger partial charge is 0.322 e. The molecule has 0 aliphatic carbocycles. The lowest BCUT2D eigenvalue weighted by atomic mass is 9.95. The zero-order chi connectivity index (χ0) is 19.8. The van der Waals surface area contributed by atoms with E-state index in [1.165, 1.54) is 4.90 Å². The first-order chi connectivity index (χ1) is 13.5. The average molecular weight is 417 g/mol. The van der Waals surface area contributed by atoms with Crippen molar-refractivity contribution in [2.24, 2.45) is 0 Å². The van der Waals surface area contributed by atoms with Gasteiger partial charge in [-0.3, -0.25) is 14.7 Å². The molecule has 3 amide bonds. The van der Waals surface area contributed by atoms with Gasteiger partial charge in [-0.2, -0.15) is 0 Å². The number of pyridine rings is 1. The second-order valence-electron chi connectivity index (χ2n) is 6.74. The molecule has 144 valence electrons. The first-order valence-electron chi connectivity index (χ1n) is 8.87. The molecule has 8 heteroatoms. The number of hydrogen-bond acceptors (Lipinski definition) is 3. The molecule has 6 nitrogen and oxygen atoms in total. The van der Waals surface area contributed by atoms with Crippen molar-refractivity contribution in [1.82, 2.24) is 20.1 Å². The van der Waals surface area contributed by atoms with E-state index < -0.39 is 6.04 Å². The lowest BCUT2D eigenvalue weighted by Gasteiger charge is -2.31. The van der Waals surface area contributed by atoms with Gasteiger partial charge in [-0.1, -0.05) is 41.4 Å². The maximum atomic E-state index is 13.2. The van der Waals surface area contributed by atoms with E-state index in [1.54, 1.807) is 36.3 Å². The molecular formula is C20H18Cl2N4O2. The molecule has 2 aliphatic rings. The van der Waals surface area contributed by atoms with Crippen LogP contribution in [-0.4, -0.2) is 46.9 Å². The predicted octanol–water partition coefficient (Wildman–Crippen LogP) is 3.42. The number of halogens is 2. The third-order valence-corrected chi connectivity index (χ3v) is 5.93. The molecule has 0 unspecified atom stereocenters. The first kappa shape index (κ1) is 18.8. The minimum absolute atomic E-state index is 0.112. The highest BCUT2D eigenvalue weighted by molar-refractivity contribution is 6.42. The summed E-state index contributed by atoms with van der Waals surface area (Å²) in [5.41, 5.74) is 2.75. The third-order valence-electron chi connectivity index (χ3n) is 5.09. The zero-order valence-electron chi connectivity index (χ0n) is 15.2. The molecule has 1 aromatic carbocycles. The number of carbonyl (C=O) groups is 2. The van der Waals surface area contributed by atoms with Crippen LogP contribution in [0.15, 0.2) is 53.9 Å². The Hall–Kier alpha value is -2.57. The Balaban J connectivity index is 1.63. The van der Waals surface area contributed by atoms with Crippen molar-refractivity contribution in [3.8, 4) is 0 Å². The molecule has 3 heterocycles. The minimum atomic E-state index is -0.628. The second kappa shape index (κ2) is 7.45. The summed E-state index contributed by atoms with van der Waals surface area (Å²) >= 11 is 12.5. The zero-order valence-corrected chi connectivity index (χ0v) is 16.7. The van der Waals surface area contributed by atoms with Gasteiger partial charge in [-0.05, 0) is 23.8 Å². The van der Waals surface area contributed by atoms with Crippen molar-refractivity contribution < 1.29 is 9.59 Å². The van der Waals surface area contributed by atoms with Crippen LogP contribution < -0.4 is 5.32 Å². The maximum Gasteiger partial charge on any atom is 0.322 e. The number of urea groups is 1. The van der Waals surface area contributed by atoms with Gasteiger partial charge < -0.3 is 10.2 Å². The van der Waals surface area contributed by atoms with E-state index in [0.29, 0.717) is 46.4 Å². The van der Waals surface area contributed by atoms with Crippen molar-refractivity contribution in [1.29, 1.82) is 0 Å². The molecular weight excluding hydrogens is 399 g/mol. The molecule has 0 radical (unpaired) electrons. The highest BCUT2D eigenvalue weighted by Gasteiger charge is 2.43. The van der Waals surface area contributed by atoms with Gasteiger partial charge in [0.2, 0.25) is 0 Å². The highest BCUT2D eigenvalue weighted by atomic mass is 35.5. The first-order valence-corrected chi connectivity index (χ1v) is 9.63. The highest BCUT2D eigenvalue weighted by Crippen LogP contribution is 2.39. The van der Waals surface area contributed by atoms with Crippen LogP contribution in [0.2, 0.25) is 10.0 Å². The van der Waals surface area contributed by atoms with E-state index in [2.05, 4.69) is 10.3 Å². The standard InChI is InChI=1S/C20H18Cl2N4O2/c1-25-15-11-26(10-8-12-5-2-3-9-23-12)19(27)16(15)18(24-20(25)28)13-6-4-7-14(21)17(13)22/h2-7,9,18H,8,10-11H2,1H3,(H,24,28)/t18-/m0/s1. The fourth-order valence-corrected chi connectivity index (χ4v) is 3.99. The third kappa shape index (κ3) is 3.23. The van der Waals surface area contributed by atoms with Crippen LogP contribution >= 0.6 is 23.2 Å². The fraction of sp³-hybridized carbons (Fsp3) is 0.250. The Morgan fingerprint density at radius 1 is 1.18 bits per heavy atom. The monoisotopic (exact) mass is 416 g/mol. The number of aromatic nitrogens is 1. The quantitative estimate of drug-likeness (QED) is 0.829. The van der Waals surface area contributed by atoms with E-state index >= 15 is 0 Å². The Morgan fingerprint density at radius 2 is 2.00 bits per heavy atom. The van der Waals surface area contributed by atoms with Crippen molar-refractivity contribution in [3.63, 3.8) is 0 Å². The van der Waals surface area contributed by atoms with Crippen molar-refractivity contribution in [2.75, 3.05) is 20.1 Å². The Morgan fingerprint density at radius 3 is 2.75 bits per heavy atom. The summed E-state index contributed by atoms with van der Waals surface area (Å²) < 4.78 is 0. The van der Waals surface area contributed by atoms with Gasteiger partial charge in [-0.15, -0.1) is 0 Å². The topological polar surface area (TPSA) is 65.5 Å². The summed E-state index contributed by atoms with van der Waals surface area (Å²) in [5.74, 6) is -0.112. The molecule has 2 aliphatic heterocycles. The number of rotatable bonds is 4. The van der Waals surface area contributed by atoms with Gasteiger partial charge >= 0.3 is 6.03 Å². The number of nitrogens with zero attached hydrogens (tertiary/aromatic N) is 3. The maximum absolute atomic E-state index is 13.2. The van der Waals surface area contributed by atoms with Crippen LogP contribution in [0.1, 0.15) is 17.3 Å². The van der Waals surface area contributed by atoms with Gasteiger partial charge in [0.1, 0.15) is 0 Å². The van der Waals surface area contributed by atoms with E-state index in [1.807, 2.05) is 18.2 Å². The molecule has 1 aromatic heterocycles. The van der Waals surface area contributed by atoms with Gasteiger partial charge in [0.25, 0.3) is 5.91 Å². The molecule has 4 rings (SSSR count). The lowest BCUT2D eigenvalue weighted by molar-refractivity contribution is -0.125. The predicted molar refractivity (Wildman–Crippen MR) is 107 cm³/mol. The number of hydrogen-bond donors (Lipinski definition) is 1. The number of benzene rings is 1. The summed E-state index contributed by atoms with van der Waals surface area (Å²) in [6.45, 7) is 0.889. The van der Waals surface area contributed by atoms with Gasteiger partial charge in [0, 0.05) is 31.9 Å².